The van der Waals surface area contributed by atoms with Crippen LogP contribution in [0.25, 0.3) is 0 Å². The zero-order valence-corrected chi connectivity index (χ0v) is 22.4. The van der Waals surface area contributed by atoms with Crippen molar-refractivity contribution in [3.05, 3.63) is 71.3 Å². The molecule has 0 bridgehead atoms. The maximum Gasteiger partial charge on any atom is 0.338 e. The molecule has 0 amide bonds. The van der Waals surface area contributed by atoms with Crippen molar-refractivity contribution >= 4 is 23.6 Å². The Labute approximate surface area is 223 Å². The lowest BCUT2D eigenvalue weighted by Crippen LogP contribution is -2.56. The summed E-state index contributed by atoms with van der Waals surface area (Å²) in [5.74, 6) is -2.31. The summed E-state index contributed by atoms with van der Waals surface area (Å²) in [7, 11) is 0. The Morgan fingerprint density at radius 2 is 1.61 bits per heavy atom. The molecule has 0 spiro atoms. The van der Waals surface area contributed by atoms with E-state index < -0.39 is 29.5 Å². The summed E-state index contributed by atoms with van der Waals surface area (Å²) in [5.41, 5.74) is 0.543. The SMILES string of the molecule is CCOC(=O)C1(C(=O)OCC)C/C(=C\C(=O)OCc2ccccc2)C(c2ccc(N(CC)CC)cc2O)N1. The molecule has 1 heterocycles. The number of phenolic OH excluding ortho intramolecular Hbond substituents is 1. The lowest BCUT2D eigenvalue weighted by Gasteiger charge is -2.26. The molecule has 2 N–H and O–H groups in total. The normalized spacial score (nSPS) is 17.2. The van der Waals surface area contributed by atoms with Crippen LogP contribution in [0.4, 0.5) is 5.69 Å². The second-order valence-corrected chi connectivity index (χ2v) is 8.83. The highest BCUT2D eigenvalue weighted by molar-refractivity contribution is 6.06. The van der Waals surface area contributed by atoms with Crippen molar-refractivity contribution < 1.29 is 33.7 Å². The highest BCUT2D eigenvalue weighted by atomic mass is 16.6. The van der Waals surface area contributed by atoms with Gasteiger partial charge in [-0.25, -0.2) is 14.4 Å². The van der Waals surface area contributed by atoms with Crippen LogP contribution in [0, 0.1) is 0 Å². The van der Waals surface area contributed by atoms with E-state index in [1.165, 1.54) is 6.08 Å². The van der Waals surface area contributed by atoms with Crippen molar-refractivity contribution in [2.24, 2.45) is 0 Å². The summed E-state index contributed by atoms with van der Waals surface area (Å²) in [4.78, 5) is 41.1. The Bertz CT molecular complexity index is 1140. The molecule has 1 saturated heterocycles. The van der Waals surface area contributed by atoms with Gasteiger partial charge in [0.15, 0.2) is 0 Å². The highest BCUT2D eigenvalue weighted by Gasteiger charge is 2.56. The first-order chi connectivity index (χ1) is 18.3. The largest absolute Gasteiger partial charge is 0.508 e. The topological polar surface area (TPSA) is 114 Å². The van der Waals surface area contributed by atoms with Gasteiger partial charge in [0.2, 0.25) is 5.54 Å². The number of rotatable bonds is 11. The number of anilines is 1. The molecule has 1 atom stereocenters. The molecule has 1 fully saturated rings. The second-order valence-electron chi connectivity index (χ2n) is 8.83. The number of carbonyl (C=O) groups is 3. The van der Waals surface area contributed by atoms with Gasteiger partial charge in [-0.1, -0.05) is 36.4 Å². The Morgan fingerprint density at radius 1 is 0.974 bits per heavy atom. The van der Waals surface area contributed by atoms with Crippen LogP contribution < -0.4 is 10.2 Å². The van der Waals surface area contributed by atoms with E-state index in [1.807, 2.05) is 50.2 Å². The molecule has 2 aromatic carbocycles. The number of carbonyl (C=O) groups excluding carboxylic acids is 3. The van der Waals surface area contributed by atoms with Crippen LogP contribution in [0.2, 0.25) is 0 Å². The minimum atomic E-state index is -1.88. The standard InChI is InChI=1S/C29H36N2O7/c1-5-31(6-2)22-14-15-23(24(32)17-22)26-21(16-25(33)38-19-20-12-10-9-11-13-20)18-29(30-26,27(34)36-7-3)28(35)37-8-4/h9-17,26,30,32H,5-8,18-19H2,1-4H3/b21-16+. The lowest BCUT2D eigenvalue weighted by molar-refractivity contribution is -0.165. The van der Waals surface area contributed by atoms with Gasteiger partial charge in [-0.05, 0) is 44.9 Å². The number of nitrogens with zero attached hydrogens (tertiary/aromatic N) is 1. The summed E-state index contributed by atoms with van der Waals surface area (Å²) >= 11 is 0. The molecule has 204 valence electrons. The second kappa shape index (κ2) is 13.1. The first-order valence-corrected chi connectivity index (χ1v) is 12.9. The average molecular weight is 525 g/mol. The Balaban J connectivity index is 2.01. The highest BCUT2D eigenvalue weighted by Crippen LogP contribution is 2.43. The van der Waals surface area contributed by atoms with Crippen molar-refractivity contribution in [3.8, 4) is 5.75 Å². The van der Waals surface area contributed by atoms with Gasteiger partial charge in [0.25, 0.3) is 0 Å². The summed E-state index contributed by atoms with van der Waals surface area (Å²) in [6, 6.07) is 13.6. The first-order valence-electron chi connectivity index (χ1n) is 12.9. The number of hydrogen-bond donors (Lipinski definition) is 2. The van der Waals surface area contributed by atoms with E-state index in [-0.39, 0.29) is 32.0 Å². The number of hydrogen-bond acceptors (Lipinski definition) is 9. The van der Waals surface area contributed by atoms with E-state index in [9.17, 15) is 19.5 Å². The number of benzene rings is 2. The Kier molecular flexibility index (Phi) is 9.90. The van der Waals surface area contributed by atoms with Crippen molar-refractivity contribution in [1.82, 2.24) is 5.32 Å². The molecule has 1 unspecified atom stereocenters. The van der Waals surface area contributed by atoms with E-state index in [4.69, 9.17) is 14.2 Å². The van der Waals surface area contributed by atoms with E-state index >= 15 is 0 Å². The number of nitrogens with one attached hydrogen (secondary N) is 1. The molecule has 2 aromatic rings. The molecule has 9 nitrogen and oxygen atoms in total. The lowest BCUT2D eigenvalue weighted by atomic mass is 9.93. The molecule has 3 rings (SSSR count). The molecule has 9 heteroatoms. The number of phenols is 1. The molecule has 1 aliphatic rings. The molecular formula is C29H36N2O7. The van der Waals surface area contributed by atoms with Crippen LogP contribution in [0.5, 0.6) is 5.75 Å². The predicted molar refractivity (Wildman–Crippen MR) is 142 cm³/mol. The van der Waals surface area contributed by atoms with Crippen LogP contribution in [0.15, 0.2) is 60.2 Å². The minimum Gasteiger partial charge on any atom is -0.508 e. The fourth-order valence-corrected chi connectivity index (χ4v) is 4.55. The molecule has 0 aromatic heterocycles. The summed E-state index contributed by atoms with van der Waals surface area (Å²) in [5, 5.41) is 14.0. The molecule has 0 aliphatic carbocycles. The summed E-state index contributed by atoms with van der Waals surface area (Å²) in [6.07, 6.45) is 1.07. The summed E-state index contributed by atoms with van der Waals surface area (Å²) in [6.45, 7) is 8.98. The van der Waals surface area contributed by atoms with Crippen LogP contribution in [0.1, 0.15) is 51.3 Å². The van der Waals surface area contributed by atoms with Gasteiger partial charge in [-0.15, -0.1) is 0 Å². The van der Waals surface area contributed by atoms with E-state index in [1.54, 1.807) is 26.0 Å². The van der Waals surface area contributed by atoms with Gasteiger partial charge < -0.3 is 24.2 Å². The van der Waals surface area contributed by atoms with Crippen LogP contribution in [-0.4, -0.2) is 54.9 Å². The van der Waals surface area contributed by atoms with Gasteiger partial charge in [0.1, 0.15) is 12.4 Å². The van der Waals surface area contributed by atoms with E-state index in [0.29, 0.717) is 11.1 Å². The van der Waals surface area contributed by atoms with Crippen molar-refractivity contribution in [2.45, 2.75) is 52.3 Å². The fourth-order valence-electron chi connectivity index (χ4n) is 4.55. The Hall–Kier alpha value is -3.85. The fraction of sp³-hybridized carbons (Fsp3) is 0.414. The zero-order chi connectivity index (χ0) is 27.7. The third kappa shape index (κ3) is 6.34. The maximum atomic E-state index is 13.1. The molecule has 0 saturated carbocycles. The molecule has 0 radical (unpaired) electrons. The van der Waals surface area contributed by atoms with Crippen molar-refractivity contribution in [2.75, 3.05) is 31.2 Å². The molecular weight excluding hydrogens is 488 g/mol. The molecule has 1 aliphatic heterocycles. The zero-order valence-electron chi connectivity index (χ0n) is 22.4. The van der Waals surface area contributed by atoms with Crippen LogP contribution >= 0.6 is 0 Å². The van der Waals surface area contributed by atoms with Gasteiger partial charge in [-0.2, -0.15) is 0 Å². The van der Waals surface area contributed by atoms with Gasteiger partial charge in [0.05, 0.1) is 19.3 Å². The van der Waals surface area contributed by atoms with Crippen molar-refractivity contribution in [1.29, 1.82) is 0 Å². The van der Waals surface area contributed by atoms with Crippen LogP contribution in [-0.2, 0) is 35.2 Å². The van der Waals surface area contributed by atoms with Gasteiger partial charge in [-0.3, -0.25) is 5.32 Å². The first kappa shape index (κ1) is 28.7. The third-order valence-electron chi connectivity index (χ3n) is 6.46. The smallest absolute Gasteiger partial charge is 0.338 e. The Morgan fingerprint density at radius 3 is 2.16 bits per heavy atom. The third-order valence-corrected chi connectivity index (χ3v) is 6.46. The number of esters is 3. The van der Waals surface area contributed by atoms with Gasteiger partial charge in [0, 0.05) is 42.9 Å². The monoisotopic (exact) mass is 524 g/mol. The molecule has 38 heavy (non-hydrogen) atoms. The van der Waals surface area contributed by atoms with Gasteiger partial charge >= 0.3 is 17.9 Å². The minimum absolute atomic E-state index is 0.0426. The number of ether oxygens (including phenoxy) is 3. The number of aromatic hydroxyl groups is 1. The quantitative estimate of drug-likeness (QED) is 0.196. The predicted octanol–water partition coefficient (Wildman–Crippen LogP) is 3.81. The van der Waals surface area contributed by atoms with E-state index in [0.717, 1.165) is 24.3 Å². The van der Waals surface area contributed by atoms with Crippen molar-refractivity contribution in [3.63, 3.8) is 0 Å². The summed E-state index contributed by atoms with van der Waals surface area (Å²) < 4.78 is 15.9. The van der Waals surface area contributed by atoms with Crippen LogP contribution in [0.3, 0.4) is 0 Å². The maximum absolute atomic E-state index is 13.1. The average Bonchev–Trinajstić information content (AvgIpc) is 3.29. The van der Waals surface area contributed by atoms with E-state index in [2.05, 4.69) is 10.2 Å².